The molecule has 3 atom stereocenters. The van der Waals surface area contributed by atoms with Crippen LogP contribution in [0.25, 0.3) is 10.9 Å². The number of carbonyl (C=O) groups is 3. The van der Waals surface area contributed by atoms with Crippen molar-refractivity contribution in [3.8, 4) is 0 Å². The van der Waals surface area contributed by atoms with Crippen LogP contribution in [0.2, 0.25) is 0 Å². The van der Waals surface area contributed by atoms with Crippen molar-refractivity contribution < 1.29 is 18.8 Å². The van der Waals surface area contributed by atoms with Crippen LogP contribution in [0, 0.1) is 5.82 Å². The van der Waals surface area contributed by atoms with Gasteiger partial charge in [0, 0.05) is 24.4 Å². The molecule has 0 radical (unpaired) electrons. The molecule has 182 valence electrons. The second kappa shape index (κ2) is 11.0. The number of nitrogens with two attached hydrogens (primary N) is 1. The maximum Gasteiger partial charge on any atom is 0.247 e. The van der Waals surface area contributed by atoms with Crippen molar-refractivity contribution in [1.82, 2.24) is 20.9 Å². The molecule has 1 aliphatic rings. The third kappa shape index (κ3) is 6.37. The molecule has 6 N–H and O–H groups in total. The first-order chi connectivity index (χ1) is 16.9. The molecule has 3 aromatic rings. The summed E-state index contributed by atoms with van der Waals surface area (Å²) in [4.78, 5) is 42.1. The van der Waals surface area contributed by atoms with Crippen LogP contribution >= 0.6 is 0 Å². The van der Waals surface area contributed by atoms with Gasteiger partial charge in [-0.1, -0.05) is 30.3 Å². The molecule has 0 saturated carbocycles. The van der Waals surface area contributed by atoms with Gasteiger partial charge < -0.3 is 27.0 Å². The number of hydrogen-bond donors (Lipinski definition) is 5. The zero-order chi connectivity index (χ0) is 24.8. The van der Waals surface area contributed by atoms with E-state index in [2.05, 4.69) is 26.3 Å². The minimum Gasteiger partial charge on any atom is -0.351 e. The number of aromatic nitrogens is 1. The number of amides is 3. The highest BCUT2D eigenvalue weighted by molar-refractivity contribution is 5.99. The molecule has 0 aliphatic carbocycles. The molecule has 3 amide bonds. The molecule has 1 saturated heterocycles. The third-order valence-electron chi connectivity index (χ3n) is 5.84. The molecule has 2 aromatic carbocycles. The van der Waals surface area contributed by atoms with Gasteiger partial charge in [-0.2, -0.15) is 0 Å². The van der Waals surface area contributed by atoms with Gasteiger partial charge in [0.2, 0.25) is 17.7 Å². The van der Waals surface area contributed by atoms with E-state index >= 15 is 0 Å². The van der Waals surface area contributed by atoms with Gasteiger partial charge >= 0.3 is 0 Å². The summed E-state index contributed by atoms with van der Waals surface area (Å²) < 4.78 is 13.4. The molecule has 9 nitrogen and oxygen atoms in total. The fourth-order valence-electron chi connectivity index (χ4n) is 4.04. The van der Waals surface area contributed by atoms with Crippen LogP contribution in [0.3, 0.4) is 0 Å². The van der Waals surface area contributed by atoms with Crippen molar-refractivity contribution in [3.05, 3.63) is 72.2 Å². The maximum atomic E-state index is 13.4. The smallest absolute Gasteiger partial charge is 0.247 e. The summed E-state index contributed by atoms with van der Waals surface area (Å²) in [7, 11) is 0. The quantitative estimate of drug-likeness (QED) is 0.325. The Kier molecular flexibility index (Phi) is 7.64. The lowest BCUT2D eigenvalue weighted by Crippen LogP contribution is -2.50. The predicted octanol–water partition coefficient (Wildman–Crippen LogP) is 0.845. The third-order valence-corrected chi connectivity index (χ3v) is 5.84. The average molecular weight is 479 g/mol. The lowest BCUT2D eigenvalue weighted by molar-refractivity contribution is -0.127. The molecule has 4 rings (SSSR count). The standard InChI is InChI=1S/C25H27FN6O3/c26-17-7-5-15(6-8-17)9-22(32-24(34)21-11-19(14-29-21)30-23(33)12-27)25(35)31-18-10-16-3-1-2-4-20(16)28-13-18/h1-8,10,13,19,21-22,29H,9,11-12,14,27H2,(H,30,33)(H,31,35)(H,32,34). The number of halogens is 1. The van der Waals surface area contributed by atoms with Gasteiger partial charge in [0.15, 0.2) is 0 Å². The Morgan fingerprint density at radius 3 is 2.69 bits per heavy atom. The number of hydrogen-bond acceptors (Lipinski definition) is 6. The Bertz CT molecular complexity index is 1220. The largest absolute Gasteiger partial charge is 0.351 e. The maximum absolute atomic E-state index is 13.4. The molecule has 35 heavy (non-hydrogen) atoms. The van der Waals surface area contributed by atoms with Crippen molar-refractivity contribution in [3.63, 3.8) is 0 Å². The Balaban J connectivity index is 1.47. The van der Waals surface area contributed by atoms with Crippen molar-refractivity contribution in [2.75, 3.05) is 18.4 Å². The van der Waals surface area contributed by atoms with Crippen LogP contribution in [0.1, 0.15) is 12.0 Å². The highest BCUT2D eigenvalue weighted by Crippen LogP contribution is 2.17. The lowest BCUT2D eigenvalue weighted by atomic mass is 10.0. The molecule has 0 bridgehead atoms. The number of benzene rings is 2. The minimum absolute atomic E-state index is 0.128. The SMILES string of the molecule is NCC(=O)NC1CNC(C(=O)NC(Cc2ccc(F)cc2)C(=O)Nc2cnc3ccccc3c2)C1. The molecule has 1 aliphatic heterocycles. The Morgan fingerprint density at radius 1 is 1.14 bits per heavy atom. The van der Waals surface area contributed by atoms with Gasteiger partial charge in [-0.3, -0.25) is 19.4 Å². The van der Waals surface area contributed by atoms with E-state index in [1.54, 1.807) is 24.4 Å². The zero-order valence-electron chi connectivity index (χ0n) is 19.0. The Morgan fingerprint density at radius 2 is 1.91 bits per heavy atom. The Hall–Kier alpha value is -3.89. The van der Waals surface area contributed by atoms with E-state index in [1.165, 1.54) is 12.1 Å². The van der Waals surface area contributed by atoms with Crippen LogP contribution in [0.4, 0.5) is 10.1 Å². The number of anilines is 1. The highest BCUT2D eigenvalue weighted by atomic mass is 19.1. The molecule has 1 aromatic heterocycles. The number of para-hydroxylation sites is 1. The summed E-state index contributed by atoms with van der Waals surface area (Å²) >= 11 is 0. The Labute approximate surface area is 201 Å². The monoisotopic (exact) mass is 478 g/mol. The van der Waals surface area contributed by atoms with Gasteiger partial charge in [-0.15, -0.1) is 0 Å². The van der Waals surface area contributed by atoms with Gasteiger partial charge in [0.05, 0.1) is 30.0 Å². The number of fused-ring (bicyclic) bond motifs is 1. The van der Waals surface area contributed by atoms with Gasteiger partial charge in [0.1, 0.15) is 11.9 Å². The molecular formula is C25H27FN6O3. The van der Waals surface area contributed by atoms with E-state index in [0.717, 1.165) is 10.9 Å². The topological polar surface area (TPSA) is 138 Å². The van der Waals surface area contributed by atoms with Crippen molar-refractivity contribution in [1.29, 1.82) is 0 Å². The first-order valence-corrected chi connectivity index (χ1v) is 11.3. The molecule has 0 spiro atoms. The van der Waals surface area contributed by atoms with E-state index in [9.17, 15) is 18.8 Å². The van der Waals surface area contributed by atoms with E-state index in [-0.39, 0.29) is 36.6 Å². The zero-order valence-corrected chi connectivity index (χ0v) is 19.0. The van der Waals surface area contributed by atoms with Crippen LogP contribution in [0.5, 0.6) is 0 Å². The van der Waals surface area contributed by atoms with Crippen molar-refractivity contribution in [2.24, 2.45) is 5.73 Å². The lowest BCUT2D eigenvalue weighted by Gasteiger charge is -2.21. The van der Waals surface area contributed by atoms with Crippen LogP contribution in [-0.4, -0.2) is 53.9 Å². The number of rotatable bonds is 8. The van der Waals surface area contributed by atoms with Crippen molar-refractivity contribution in [2.45, 2.75) is 31.0 Å². The second-order valence-electron chi connectivity index (χ2n) is 8.46. The predicted molar refractivity (Wildman–Crippen MR) is 130 cm³/mol. The van der Waals surface area contributed by atoms with Crippen LogP contribution < -0.4 is 27.0 Å². The van der Waals surface area contributed by atoms with Crippen LogP contribution in [-0.2, 0) is 20.8 Å². The second-order valence-corrected chi connectivity index (χ2v) is 8.46. The molecule has 3 unspecified atom stereocenters. The number of nitrogens with one attached hydrogen (secondary N) is 4. The van der Waals surface area contributed by atoms with Crippen LogP contribution in [0.15, 0.2) is 60.8 Å². The first kappa shape index (κ1) is 24.2. The average Bonchev–Trinajstić information content (AvgIpc) is 3.33. The first-order valence-electron chi connectivity index (χ1n) is 11.3. The van der Waals surface area contributed by atoms with E-state index < -0.39 is 18.0 Å². The number of carbonyl (C=O) groups excluding carboxylic acids is 3. The number of pyridine rings is 1. The van der Waals surface area contributed by atoms with Gasteiger partial charge in [0.25, 0.3) is 0 Å². The summed E-state index contributed by atoms with van der Waals surface area (Å²) in [6, 6.07) is 13.4. The number of nitrogens with zero attached hydrogens (tertiary/aromatic N) is 1. The molecule has 1 fully saturated rings. The van der Waals surface area contributed by atoms with E-state index in [0.29, 0.717) is 24.2 Å². The summed E-state index contributed by atoms with van der Waals surface area (Å²) in [6.07, 6.45) is 2.09. The minimum atomic E-state index is -0.918. The van der Waals surface area contributed by atoms with E-state index in [1.807, 2.05) is 24.3 Å². The summed E-state index contributed by atoms with van der Waals surface area (Å²) in [6.45, 7) is 0.290. The summed E-state index contributed by atoms with van der Waals surface area (Å²) in [5.41, 5.74) is 7.32. The molecular weight excluding hydrogens is 451 g/mol. The van der Waals surface area contributed by atoms with Gasteiger partial charge in [-0.25, -0.2) is 4.39 Å². The highest BCUT2D eigenvalue weighted by Gasteiger charge is 2.32. The van der Waals surface area contributed by atoms with E-state index in [4.69, 9.17) is 5.73 Å². The van der Waals surface area contributed by atoms with Crippen molar-refractivity contribution >= 4 is 34.3 Å². The molecule has 10 heteroatoms. The fourth-order valence-corrected chi connectivity index (χ4v) is 4.04. The molecule has 2 heterocycles. The summed E-state index contributed by atoms with van der Waals surface area (Å²) in [5.74, 6) is -1.48. The summed E-state index contributed by atoms with van der Waals surface area (Å²) in [5, 5.41) is 12.3. The van der Waals surface area contributed by atoms with Gasteiger partial charge in [-0.05, 0) is 36.2 Å². The normalized spacial score (nSPS) is 18.1. The fraction of sp³-hybridized carbons (Fsp3) is 0.280.